The van der Waals surface area contributed by atoms with E-state index in [2.05, 4.69) is 13.5 Å². The van der Waals surface area contributed by atoms with Crippen molar-refractivity contribution < 1.29 is 14.6 Å². The predicted octanol–water partition coefficient (Wildman–Crippen LogP) is 2.10. The molecule has 0 radical (unpaired) electrons. The lowest BCUT2D eigenvalue weighted by Gasteiger charge is -2.41. The average Bonchev–Trinajstić information content (AvgIpc) is 2.47. The Bertz CT molecular complexity index is 288. The first-order valence-corrected chi connectivity index (χ1v) is 5.91. The minimum absolute atomic E-state index is 0.0299. The van der Waals surface area contributed by atoms with Crippen molar-refractivity contribution in [1.29, 1.82) is 0 Å². The van der Waals surface area contributed by atoms with Gasteiger partial charge < -0.3 is 14.6 Å². The third-order valence-corrected chi connectivity index (χ3v) is 4.06. The molecule has 2 aliphatic rings. The van der Waals surface area contributed by atoms with E-state index in [1.165, 1.54) is 0 Å². The number of ether oxygens (including phenoxy) is 2. The Balaban J connectivity index is 2.11. The number of aliphatic hydroxyl groups excluding tert-OH is 1. The molecule has 1 N–H and O–H groups in total. The first-order valence-electron chi connectivity index (χ1n) is 5.91. The lowest BCUT2D eigenvalue weighted by atomic mass is 9.81. The molecule has 92 valence electrons. The van der Waals surface area contributed by atoms with Crippen LogP contribution in [-0.4, -0.2) is 30.2 Å². The van der Waals surface area contributed by atoms with E-state index < -0.39 is 5.79 Å². The van der Waals surface area contributed by atoms with Crippen LogP contribution in [0.2, 0.25) is 0 Å². The van der Waals surface area contributed by atoms with E-state index in [4.69, 9.17) is 9.47 Å². The van der Waals surface area contributed by atoms with Crippen molar-refractivity contribution in [3.8, 4) is 0 Å². The molecular weight excluding hydrogens is 204 g/mol. The summed E-state index contributed by atoms with van der Waals surface area (Å²) in [5, 5.41) is 10.1. The van der Waals surface area contributed by atoms with Gasteiger partial charge in [-0.05, 0) is 26.7 Å². The monoisotopic (exact) mass is 226 g/mol. The van der Waals surface area contributed by atoms with Crippen LogP contribution in [0.15, 0.2) is 12.7 Å². The van der Waals surface area contributed by atoms with Crippen molar-refractivity contribution in [2.45, 2.75) is 45.5 Å². The van der Waals surface area contributed by atoms with Crippen LogP contribution in [0.25, 0.3) is 0 Å². The summed E-state index contributed by atoms with van der Waals surface area (Å²) in [5.41, 5.74) is -0.230. The molecule has 0 aromatic heterocycles. The molecule has 0 aromatic rings. The van der Waals surface area contributed by atoms with Gasteiger partial charge in [0.15, 0.2) is 5.79 Å². The fourth-order valence-corrected chi connectivity index (χ4v) is 2.81. The number of hydrogen-bond donors (Lipinski definition) is 1. The highest BCUT2D eigenvalue weighted by Crippen LogP contribution is 2.52. The van der Waals surface area contributed by atoms with E-state index in [0.29, 0.717) is 13.2 Å². The summed E-state index contributed by atoms with van der Waals surface area (Å²) in [7, 11) is 0. The lowest BCUT2D eigenvalue weighted by Crippen LogP contribution is -2.45. The van der Waals surface area contributed by atoms with Gasteiger partial charge in [-0.2, -0.15) is 0 Å². The highest BCUT2D eigenvalue weighted by molar-refractivity contribution is 5.09. The SMILES string of the molecule is C=CC1(C)CC2(COC(C)(C)OC2)CC1O. The van der Waals surface area contributed by atoms with Crippen LogP contribution in [0, 0.1) is 10.8 Å². The zero-order valence-electron chi connectivity index (χ0n) is 10.5. The molecule has 0 amide bonds. The summed E-state index contributed by atoms with van der Waals surface area (Å²) in [6, 6.07) is 0. The summed E-state index contributed by atoms with van der Waals surface area (Å²) < 4.78 is 11.4. The van der Waals surface area contributed by atoms with Crippen LogP contribution >= 0.6 is 0 Å². The lowest BCUT2D eigenvalue weighted by molar-refractivity contribution is -0.285. The van der Waals surface area contributed by atoms with E-state index in [1.807, 2.05) is 19.9 Å². The van der Waals surface area contributed by atoms with Crippen LogP contribution in [0.1, 0.15) is 33.6 Å². The number of aliphatic hydroxyl groups is 1. The zero-order valence-corrected chi connectivity index (χ0v) is 10.5. The Morgan fingerprint density at radius 3 is 2.25 bits per heavy atom. The van der Waals surface area contributed by atoms with E-state index in [9.17, 15) is 5.11 Å². The van der Waals surface area contributed by atoms with E-state index >= 15 is 0 Å². The summed E-state index contributed by atoms with van der Waals surface area (Å²) in [6.07, 6.45) is 3.16. The number of rotatable bonds is 1. The maximum atomic E-state index is 10.1. The van der Waals surface area contributed by atoms with Crippen LogP contribution < -0.4 is 0 Å². The summed E-state index contributed by atoms with van der Waals surface area (Å²) in [6.45, 7) is 11.1. The molecule has 1 aliphatic heterocycles. The van der Waals surface area contributed by atoms with E-state index in [-0.39, 0.29) is 16.9 Å². The van der Waals surface area contributed by atoms with Crippen LogP contribution in [0.4, 0.5) is 0 Å². The second-order valence-corrected chi connectivity index (χ2v) is 6.08. The quantitative estimate of drug-likeness (QED) is 0.696. The van der Waals surface area contributed by atoms with Crippen LogP contribution in [-0.2, 0) is 9.47 Å². The summed E-state index contributed by atoms with van der Waals surface area (Å²) >= 11 is 0. The molecule has 1 heterocycles. The molecule has 3 nitrogen and oxygen atoms in total. The van der Waals surface area contributed by atoms with Gasteiger partial charge in [0.1, 0.15) is 0 Å². The zero-order chi connectivity index (χ0) is 12.0. The fraction of sp³-hybridized carbons (Fsp3) is 0.846. The molecule has 1 saturated carbocycles. The van der Waals surface area contributed by atoms with Crippen LogP contribution in [0.3, 0.4) is 0 Å². The molecule has 1 aliphatic carbocycles. The van der Waals surface area contributed by atoms with Gasteiger partial charge in [0.2, 0.25) is 0 Å². The maximum Gasteiger partial charge on any atom is 0.162 e. The van der Waals surface area contributed by atoms with Crippen molar-refractivity contribution >= 4 is 0 Å². The molecule has 16 heavy (non-hydrogen) atoms. The Morgan fingerprint density at radius 2 is 1.81 bits per heavy atom. The van der Waals surface area contributed by atoms with Crippen molar-refractivity contribution in [3.05, 3.63) is 12.7 Å². The van der Waals surface area contributed by atoms with Gasteiger partial charge in [-0.25, -0.2) is 0 Å². The van der Waals surface area contributed by atoms with E-state index in [1.54, 1.807) is 0 Å². The van der Waals surface area contributed by atoms with Gasteiger partial charge in [-0.1, -0.05) is 13.0 Å². The second-order valence-electron chi connectivity index (χ2n) is 6.08. The minimum atomic E-state index is -0.483. The molecule has 3 heteroatoms. The molecule has 2 atom stereocenters. The largest absolute Gasteiger partial charge is 0.392 e. The average molecular weight is 226 g/mol. The molecule has 1 saturated heterocycles. The second kappa shape index (κ2) is 3.56. The minimum Gasteiger partial charge on any atom is -0.392 e. The first-order chi connectivity index (χ1) is 7.31. The molecule has 2 unspecified atom stereocenters. The van der Waals surface area contributed by atoms with Crippen LogP contribution in [0.5, 0.6) is 0 Å². The number of hydrogen-bond acceptors (Lipinski definition) is 3. The standard InChI is InChI=1S/C13H22O3/c1-5-12(4)7-13(6-10(12)14)8-15-11(2,3)16-9-13/h5,10,14H,1,6-9H2,2-4H3. The normalized spacial score (nSPS) is 41.1. The van der Waals surface area contributed by atoms with Crippen molar-refractivity contribution in [3.63, 3.8) is 0 Å². The van der Waals surface area contributed by atoms with Gasteiger partial charge in [0, 0.05) is 10.8 Å². The Labute approximate surface area is 97.4 Å². The Hall–Kier alpha value is -0.380. The third kappa shape index (κ3) is 1.92. The fourth-order valence-electron chi connectivity index (χ4n) is 2.81. The Morgan fingerprint density at radius 1 is 1.25 bits per heavy atom. The van der Waals surface area contributed by atoms with E-state index in [0.717, 1.165) is 12.8 Å². The van der Waals surface area contributed by atoms with Gasteiger partial charge in [0.25, 0.3) is 0 Å². The third-order valence-electron chi connectivity index (χ3n) is 4.06. The Kier molecular flexibility index (Phi) is 2.69. The predicted molar refractivity (Wildman–Crippen MR) is 62.0 cm³/mol. The van der Waals surface area contributed by atoms with Crippen molar-refractivity contribution in [2.24, 2.45) is 10.8 Å². The highest BCUT2D eigenvalue weighted by atomic mass is 16.7. The van der Waals surface area contributed by atoms with Crippen molar-refractivity contribution in [2.75, 3.05) is 13.2 Å². The molecular formula is C13H22O3. The molecule has 2 rings (SSSR count). The summed E-state index contributed by atoms with van der Waals surface area (Å²) in [4.78, 5) is 0. The van der Waals surface area contributed by atoms with Gasteiger partial charge >= 0.3 is 0 Å². The molecule has 1 spiro atoms. The van der Waals surface area contributed by atoms with Gasteiger partial charge in [-0.15, -0.1) is 6.58 Å². The van der Waals surface area contributed by atoms with Gasteiger partial charge in [0.05, 0.1) is 19.3 Å². The maximum absolute atomic E-state index is 10.1. The highest BCUT2D eigenvalue weighted by Gasteiger charge is 2.53. The molecule has 2 fully saturated rings. The first kappa shape index (κ1) is 12.1. The smallest absolute Gasteiger partial charge is 0.162 e. The van der Waals surface area contributed by atoms with Gasteiger partial charge in [-0.3, -0.25) is 0 Å². The molecule has 0 aromatic carbocycles. The summed E-state index contributed by atoms with van der Waals surface area (Å²) in [5.74, 6) is -0.483. The van der Waals surface area contributed by atoms with Crippen molar-refractivity contribution in [1.82, 2.24) is 0 Å². The molecule has 0 bridgehead atoms. The topological polar surface area (TPSA) is 38.7 Å².